The second-order valence-corrected chi connectivity index (χ2v) is 5.95. The lowest BCUT2D eigenvalue weighted by atomic mass is 9.89. The first-order valence-corrected chi connectivity index (χ1v) is 8.02. The van der Waals surface area contributed by atoms with Crippen molar-refractivity contribution in [1.82, 2.24) is 0 Å². The van der Waals surface area contributed by atoms with E-state index in [1.807, 2.05) is 36.4 Å². The highest BCUT2D eigenvalue weighted by atomic mass is 35.5. The number of aldehydes is 1. The van der Waals surface area contributed by atoms with Gasteiger partial charge in [-0.25, -0.2) is 4.39 Å². The molecule has 1 atom stereocenters. The Balaban J connectivity index is 2.18. The molecular formula is C21H13ClFNO. The van der Waals surface area contributed by atoms with Gasteiger partial charge in [0.25, 0.3) is 0 Å². The predicted molar refractivity (Wildman–Crippen MR) is 95.9 cm³/mol. The van der Waals surface area contributed by atoms with Crippen LogP contribution in [-0.2, 0) is 4.79 Å². The number of carbonyl (C=O) groups excluding carboxylic acids is 1. The SMILES string of the molecule is N#Cc1cccc(F)c1-c1cc(C(C=O)c2ccccc2)ccc1Cl. The second kappa shape index (κ2) is 7.29. The van der Waals surface area contributed by atoms with Gasteiger partial charge in [-0.3, -0.25) is 0 Å². The van der Waals surface area contributed by atoms with Crippen LogP contribution in [0.15, 0.2) is 66.7 Å². The first kappa shape index (κ1) is 16.9. The minimum absolute atomic E-state index is 0.148. The molecule has 0 amide bonds. The molecule has 0 N–H and O–H groups in total. The van der Waals surface area contributed by atoms with Gasteiger partial charge in [-0.2, -0.15) is 5.26 Å². The van der Waals surface area contributed by atoms with E-state index in [0.717, 1.165) is 11.8 Å². The minimum atomic E-state index is -0.527. The van der Waals surface area contributed by atoms with Crippen LogP contribution < -0.4 is 0 Å². The lowest BCUT2D eigenvalue weighted by molar-refractivity contribution is -0.108. The van der Waals surface area contributed by atoms with Gasteiger partial charge in [0.05, 0.1) is 17.6 Å². The third-order valence-corrected chi connectivity index (χ3v) is 4.38. The molecule has 3 rings (SSSR count). The quantitative estimate of drug-likeness (QED) is 0.596. The number of carbonyl (C=O) groups is 1. The normalized spacial score (nSPS) is 11.6. The maximum absolute atomic E-state index is 14.4. The summed E-state index contributed by atoms with van der Waals surface area (Å²) in [5, 5.41) is 9.60. The Morgan fingerprint density at radius 3 is 2.44 bits per heavy atom. The molecule has 0 heterocycles. The highest BCUT2D eigenvalue weighted by molar-refractivity contribution is 6.33. The molecule has 122 valence electrons. The summed E-state index contributed by atoms with van der Waals surface area (Å²) in [5.41, 5.74) is 2.26. The first-order valence-electron chi connectivity index (χ1n) is 7.64. The van der Waals surface area contributed by atoms with E-state index in [4.69, 9.17) is 11.6 Å². The van der Waals surface area contributed by atoms with E-state index >= 15 is 0 Å². The number of halogens is 2. The van der Waals surface area contributed by atoms with Crippen LogP contribution >= 0.6 is 11.6 Å². The minimum Gasteiger partial charge on any atom is -0.302 e. The van der Waals surface area contributed by atoms with Crippen molar-refractivity contribution in [3.05, 3.63) is 94.3 Å². The lowest BCUT2D eigenvalue weighted by Crippen LogP contribution is -2.03. The van der Waals surface area contributed by atoms with Crippen molar-refractivity contribution in [1.29, 1.82) is 5.26 Å². The van der Waals surface area contributed by atoms with E-state index in [1.165, 1.54) is 18.2 Å². The lowest BCUT2D eigenvalue weighted by Gasteiger charge is -2.15. The van der Waals surface area contributed by atoms with Gasteiger partial charge in [0.15, 0.2) is 0 Å². The number of rotatable bonds is 4. The molecule has 0 aliphatic rings. The van der Waals surface area contributed by atoms with E-state index in [1.54, 1.807) is 18.2 Å². The third-order valence-electron chi connectivity index (χ3n) is 4.05. The van der Waals surface area contributed by atoms with Gasteiger partial charge in [0.2, 0.25) is 0 Å². The van der Waals surface area contributed by atoms with E-state index in [2.05, 4.69) is 0 Å². The average Bonchev–Trinajstić information content (AvgIpc) is 2.64. The average molecular weight is 350 g/mol. The summed E-state index contributed by atoms with van der Waals surface area (Å²) >= 11 is 6.26. The summed E-state index contributed by atoms with van der Waals surface area (Å²) < 4.78 is 14.4. The summed E-state index contributed by atoms with van der Waals surface area (Å²) in [6.07, 6.45) is 0.842. The van der Waals surface area contributed by atoms with Gasteiger partial charge in [-0.05, 0) is 35.4 Å². The Kier molecular flexibility index (Phi) is 4.92. The molecule has 25 heavy (non-hydrogen) atoms. The molecular weight excluding hydrogens is 337 g/mol. The zero-order valence-corrected chi connectivity index (χ0v) is 13.9. The molecule has 0 aromatic heterocycles. The van der Waals surface area contributed by atoms with Gasteiger partial charge in [-0.15, -0.1) is 0 Å². The van der Waals surface area contributed by atoms with Gasteiger partial charge in [-0.1, -0.05) is 54.1 Å². The Labute approximate surface area is 150 Å². The number of nitrogens with zero attached hydrogens (tertiary/aromatic N) is 1. The second-order valence-electron chi connectivity index (χ2n) is 5.54. The number of hydrogen-bond acceptors (Lipinski definition) is 2. The van der Waals surface area contributed by atoms with Crippen LogP contribution in [0, 0.1) is 17.1 Å². The van der Waals surface area contributed by atoms with E-state index in [-0.39, 0.29) is 11.1 Å². The van der Waals surface area contributed by atoms with Gasteiger partial charge < -0.3 is 4.79 Å². The fourth-order valence-electron chi connectivity index (χ4n) is 2.83. The van der Waals surface area contributed by atoms with Gasteiger partial charge in [0.1, 0.15) is 12.1 Å². The fraction of sp³-hybridized carbons (Fsp3) is 0.0476. The van der Waals surface area contributed by atoms with Crippen LogP contribution in [0.2, 0.25) is 5.02 Å². The standard InChI is InChI=1S/C21H13ClFNO/c22-19-10-9-15(18(13-25)14-5-2-1-3-6-14)11-17(19)21-16(12-24)7-4-8-20(21)23/h1-11,13,18H. The number of nitriles is 1. The van der Waals surface area contributed by atoms with E-state index in [9.17, 15) is 14.4 Å². The molecule has 0 fully saturated rings. The molecule has 0 saturated carbocycles. The van der Waals surface area contributed by atoms with Gasteiger partial charge in [0, 0.05) is 16.1 Å². The number of hydrogen-bond donors (Lipinski definition) is 0. The summed E-state index contributed by atoms with van der Waals surface area (Å²) in [6.45, 7) is 0. The molecule has 2 nitrogen and oxygen atoms in total. The van der Waals surface area contributed by atoms with Crippen LogP contribution in [0.5, 0.6) is 0 Å². The van der Waals surface area contributed by atoms with Gasteiger partial charge >= 0.3 is 0 Å². The maximum Gasteiger partial charge on any atom is 0.132 e. The van der Waals surface area contributed by atoms with Crippen LogP contribution in [0.1, 0.15) is 22.6 Å². The topological polar surface area (TPSA) is 40.9 Å². The first-order chi connectivity index (χ1) is 12.2. The molecule has 0 aliphatic carbocycles. The molecule has 0 aliphatic heterocycles. The maximum atomic E-state index is 14.4. The summed E-state index contributed by atoms with van der Waals surface area (Å²) in [7, 11) is 0. The zero-order chi connectivity index (χ0) is 17.8. The van der Waals surface area contributed by atoms with Crippen LogP contribution in [0.25, 0.3) is 11.1 Å². The zero-order valence-electron chi connectivity index (χ0n) is 13.1. The summed E-state index contributed by atoms with van der Waals surface area (Å²) in [5.74, 6) is -1.02. The van der Waals surface area contributed by atoms with E-state index < -0.39 is 11.7 Å². The Morgan fingerprint density at radius 1 is 1.00 bits per heavy atom. The highest BCUT2D eigenvalue weighted by Crippen LogP contribution is 2.35. The predicted octanol–water partition coefficient (Wildman–Crippen LogP) is 5.35. The largest absolute Gasteiger partial charge is 0.302 e. The van der Waals surface area contributed by atoms with Crippen molar-refractivity contribution < 1.29 is 9.18 Å². The van der Waals surface area contributed by atoms with Crippen molar-refractivity contribution in [3.8, 4) is 17.2 Å². The smallest absolute Gasteiger partial charge is 0.132 e. The molecule has 0 spiro atoms. The Bertz CT molecular complexity index is 963. The van der Waals surface area contributed by atoms with Crippen molar-refractivity contribution >= 4 is 17.9 Å². The number of benzene rings is 3. The van der Waals surface area contributed by atoms with Crippen molar-refractivity contribution in [3.63, 3.8) is 0 Å². The molecule has 0 radical (unpaired) electrons. The van der Waals surface area contributed by atoms with Crippen molar-refractivity contribution in [2.24, 2.45) is 0 Å². The molecule has 0 saturated heterocycles. The Morgan fingerprint density at radius 2 is 1.76 bits per heavy atom. The monoisotopic (exact) mass is 349 g/mol. The molecule has 1 unspecified atom stereocenters. The van der Waals surface area contributed by atoms with Crippen LogP contribution in [-0.4, -0.2) is 6.29 Å². The highest BCUT2D eigenvalue weighted by Gasteiger charge is 2.18. The molecule has 3 aromatic rings. The molecule has 3 aromatic carbocycles. The summed E-state index contributed by atoms with van der Waals surface area (Å²) in [4.78, 5) is 11.7. The van der Waals surface area contributed by atoms with Crippen molar-refractivity contribution in [2.45, 2.75) is 5.92 Å². The fourth-order valence-corrected chi connectivity index (χ4v) is 3.04. The summed E-state index contributed by atoms with van der Waals surface area (Å²) in [6, 6.07) is 20.6. The van der Waals surface area contributed by atoms with E-state index in [0.29, 0.717) is 16.1 Å². The Hall–Kier alpha value is -2.96. The van der Waals surface area contributed by atoms with Crippen LogP contribution in [0.4, 0.5) is 4.39 Å². The third kappa shape index (κ3) is 3.31. The molecule has 4 heteroatoms. The van der Waals surface area contributed by atoms with Crippen LogP contribution in [0.3, 0.4) is 0 Å². The molecule has 0 bridgehead atoms. The van der Waals surface area contributed by atoms with Crippen molar-refractivity contribution in [2.75, 3.05) is 0 Å².